The van der Waals surface area contributed by atoms with E-state index in [-0.39, 0.29) is 0 Å². The first-order valence-electron chi connectivity index (χ1n) is 5.64. The largest absolute Gasteiger partial charge is 0.493 e. The molecule has 0 amide bonds. The molecule has 0 saturated carbocycles. The molecule has 3 nitrogen and oxygen atoms in total. The van der Waals surface area contributed by atoms with E-state index in [0.29, 0.717) is 0 Å². The van der Waals surface area contributed by atoms with Crippen molar-refractivity contribution in [2.75, 3.05) is 6.61 Å². The van der Waals surface area contributed by atoms with Crippen LogP contribution in [0.3, 0.4) is 0 Å². The van der Waals surface area contributed by atoms with Crippen molar-refractivity contribution in [1.82, 2.24) is 0 Å². The van der Waals surface area contributed by atoms with Gasteiger partial charge in [-0.05, 0) is 36.5 Å². The Bertz CT molecular complexity index is 373. The summed E-state index contributed by atoms with van der Waals surface area (Å²) in [5.74, 6) is 0.315. The van der Waals surface area contributed by atoms with Crippen LogP contribution in [0.25, 0.3) is 0 Å². The van der Waals surface area contributed by atoms with Gasteiger partial charge in [0.15, 0.2) is 0 Å². The van der Waals surface area contributed by atoms with Crippen LogP contribution in [-0.4, -0.2) is 17.7 Å². The molecule has 3 heteroatoms. The highest BCUT2D eigenvalue weighted by Crippen LogP contribution is 2.35. The third-order valence-corrected chi connectivity index (χ3v) is 2.97. The van der Waals surface area contributed by atoms with Gasteiger partial charge in [0.2, 0.25) is 0 Å². The normalized spacial score (nSPS) is 15.6. The van der Waals surface area contributed by atoms with Crippen LogP contribution in [-0.2, 0) is 24.1 Å². The minimum absolute atomic E-state index is 0.833. The van der Waals surface area contributed by atoms with Crippen molar-refractivity contribution >= 4 is 5.97 Å². The Kier molecular flexibility index (Phi) is 3.13. The fourth-order valence-electron chi connectivity index (χ4n) is 2.39. The second-order valence-electron chi connectivity index (χ2n) is 4.15. The number of aliphatic carboxylic acids is 1. The Morgan fingerprint density at radius 3 is 2.75 bits per heavy atom. The van der Waals surface area contributed by atoms with E-state index in [1.54, 1.807) is 11.1 Å². The third kappa shape index (κ3) is 2.18. The molecule has 1 heterocycles. The lowest BCUT2D eigenvalue weighted by molar-refractivity contribution is -0.134. The molecule has 0 saturated heterocycles. The number of ether oxygens (including phenoxy) is 1. The molecule has 0 unspecified atom stereocenters. The van der Waals surface area contributed by atoms with Crippen molar-refractivity contribution in [2.24, 2.45) is 0 Å². The predicted molar refractivity (Wildman–Crippen MR) is 61.0 cm³/mol. The highest BCUT2D eigenvalue weighted by molar-refractivity contribution is 5.62. The number of aryl methyl sites for hydroxylation is 1. The van der Waals surface area contributed by atoms with Gasteiger partial charge in [-0.1, -0.05) is 6.07 Å². The van der Waals surface area contributed by atoms with Gasteiger partial charge in [-0.25, -0.2) is 0 Å². The van der Waals surface area contributed by atoms with Crippen LogP contribution in [0.5, 0.6) is 5.75 Å². The first-order valence-corrected chi connectivity index (χ1v) is 5.64. The molecular weight excluding hydrogens is 204 g/mol. The number of carboxylic acid groups (broad SMARTS) is 1. The summed E-state index contributed by atoms with van der Waals surface area (Å²) in [7, 11) is 0. The maximum absolute atomic E-state index is 9.00. The quantitative estimate of drug-likeness (QED) is 0.729. The van der Waals surface area contributed by atoms with Crippen LogP contribution in [0.15, 0.2) is 12.1 Å². The summed E-state index contributed by atoms with van der Waals surface area (Å²) in [5, 5.41) is 7.42. The van der Waals surface area contributed by atoms with Gasteiger partial charge >= 0.3 is 0 Å². The van der Waals surface area contributed by atoms with Crippen molar-refractivity contribution in [3.63, 3.8) is 0 Å². The summed E-state index contributed by atoms with van der Waals surface area (Å²) in [6, 6.07) is 4.39. The van der Waals surface area contributed by atoms with Crippen molar-refractivity contribution in [3.8, 4) is 5.75 Å². The first-order chi connectivity index (χ1) is 7.68. The second kappa shape index (κ2) is 4.56. The molecule has 86 valence electrons. The van der Waals surface area contributed by atoms with Gasteiger partial charge < -0.3 is 9.84 Å². The number of hydrogen-bond acceptors (Lipinski definition) is 2. The fourth-order valence-corrected chi connectivity index (χ4v) is 2.39. The lowest BCUT2D eigenvalue weighted by atomic mass is 10.0. The van der Waals surface area contributed by atoms with Crippen LogP contribution < -0.4 is 4.74 Å². The van der Waals surface area contributed by atoms with Crippen molar-refractivity contribution < 1.29 is 14.6 Å². The second-order valence-corrected chi connectivity index (χ2v) is 4.15. The van der Waals surface area contributed by atoms with E-state index in [9.17, 15) is 0 Å². The molecule has 16 heavy (non-hydrogen) atoms. The van der Waals surface area contributed by atoms with Gasteiger partial charge in [-0.3, -0.25) is 4.79 Å². The number of fused-ring (bicyclic) bond motifs is 3. The standard InChI is InChI=1S/C11H12O.C2H4O2/c1-2-8-4-5-11-10(6-7-12-11)9(8)3-1;1-2(3)4/h4-5H,1-3,6-7H2;1H3,(H,3,4). The molecule has 1 aliphatic heterocycles. The monoisotopic (exact) mass is 220 g/mol. The number of carboxylic acids is 1. The molecule has 1 aromatic carbocycles. The van der Waals surface area contributed by atoms with Gasteiger partial charge in [-0.15, -0.1) is 0 Å². The maximum atomic E-state index is 9.00. The van der Waals surface area contributed by atoms with E-state index in [1.807, 2.05) is 0 Å². The molecule has 3 rings (SSSR count). The number of hydrogen-bond donors (Lipinski definition) is 1. The average molecular weight is 220 g/mol. The van der Waals surface area contributed by atoms with E-state index < -0.39 is 5.97 Å². The Balaban J connectivity index is 0.000000212. The van der Waals surface area contributed by atoms with Gasteiger partial charge in [0.25, 0.3) is 5.97 Å². The molecule has 2 aliphatic rings. The number of benzene rings is 1. The summed E-state index contributed by atoms with van der Waals surface area (Å²) >= 11 is 0. The highest BCUT2D eigenvalue weighted by Gasteiger charge is 2.21. The molecule has 0 bridgehead atoms. The molecule has 0 fully saturated rings. The SMILES string of the molecule is CC(=O)O.c1cc2c(c3c1CCC3)CCO2. The van der Waals surface area contributed by atoms with E-state index in [1.165, 1.54) is 24.8 Å². The minimum Gasteiger partial charge on any atom is -0.493 e. The molecule has 0 atom stereocenters. The van der Waals surface area contributed by atoms with E-state index in [0.717, 1.165) is 25.7 Å². The maximum Gasteiger partial charge on any atom is 0.300 e. The summed E-state index contributed by atoms with van der Waals surface area (Å²) in [5.41, 5.74) is 4.68. The topological polar surface area (TPSA) is 46.5 Å². The average Bonchev–Trinajstić information content (AvgIpc) is 2.84. The number of carbonyl (C=O) groups is 1. The number of rotatable bonds is 0. The lowest BCUT2D eigenvalue weighted by Crippen LogP contribution is -1.89. The Labute approximate surface area is 95.0 Å². The lowest BCUT2D eigenvalue weighted by Gasteiger charge is -2.04. The van der Waals surface area contributed by atoms with Crippen LogP contribution in [0.1, 0.15) is 30.0 Å². The van der Waals surface area contributed by atoms with E-state index in [2.05, 4.69) is 12.1 Å². The highest BCUT2D eigenvalue weighted by atomic mass is 16.5. The molecule has 1 aliphatic carbocycles. The Hall–Kier alpha value is -1.51. The van der Waals surface area contributed by atoms with Crippen LogP contribution in [0.2, 0.25) is 0 Å². The summed E-state index contributed by atoms with van der Waals surface area (Å²) in [4.78, 5) is 9.00. The fraction of sp³-hybridized carbons (Fsp3) is 0.462. The Morgan fingerprint density at radius 2 is 2.00 bits per heavy atom. The zero-order valence-corrected chi connectivity index (χ0v) is 9.45. The van der Waals surface area contributed by atoms with E-state index in [4.69, 9.17) is 14.6 Å². The van der Waals surface area contributed by atoms with Crippen LogP contribution >= 0.6 is 0 Å². The molecule has 0 spiro atoms. The van der Waals surface area contributed by atoms with Gasteiger partial charge in [-0.2, -0.15) is 0 Å². The Morgan fingerprint density at radius 1 is 1.25 bits per heavy atom. The smallest absolute Gasteiger partial charge is 0.300 e. The van der Waals surface area contributed by atoms with E-state index >= 15 is 0 Å². The summed E-state index contributed by atoms with van der Waals surface area (Å²) in [6.07, 6.45) is 5.04. The van der Waals surface area contributed by atoms with Gasteiger partial charge in [0.05, 0.1) is 6.61 Å². The molecule has 1 aromatic rings. The van der Waals surface area contributed by atoms with Crippen LogP contribution in [0, 0.1) is 0 Å². The van der Waals surface area contributed by atoms with Gasteiger partial charge in [0.1, 0.15) is 5.75 Å². The van der Waals surface area contributed by atoms with Gasteiger partial charge in [0, 0.05) is 18.9 Å². The molecule has 1 N–H and O–H groups in total. The van der Waals surface area contributed by atoms with Crippen molar-refractivity contribution in [1.29, 1.82) is 0 Å². The summed E-state index contributed by atoms with van der Waals surface area (Å²) < 4.78 is 5.52. The van der Waals surface area contributed by atoms with Crippen molar-refractivity contribution in [3.05, 3.63) is 28.8 Å². The van der Waals surface area contributed by atoms with Crippen LogP contribution in [0.4, 0.5) is 0 Å². The molecule has 0 radical (unpaired) electrons. The van der Waals surface area contributed by atoms with Crippen molar-refractivity contribution in [2.45, 2.75) is 32.6 Å². The third-order valence-electron chi connectivity index (χ3n) is 2.97. The summed E-state index contributed by atoms with van der Waals surface area (Å²) in [6.45, 7) is 1.98. The first kappa shape index (κ1) is 11.0. The minimum atomic E-state index is -0.833. The zero-order valence-electron chi connectivity index (χ0n) is 9.45. The zero-order chi connectivity index (χ0) is 11.5. The molecular formula is C13H16O3. The predicted octanol–water partition coefficient (Wildman–Crippen LogP) is 2.20. The molecule has 0 aromatic heterocycles.